The second-order valence-electron chi connectivity index (χ2n) is 5.67. The van der Waals surface area contributed by atoms with E-state index >= 15 is 0 Å². The van der Waals surface area contributed by atoms with Gasteiger partial charge in [0.2, 0.25) is 0 Å². The Labute approximate surface area is 152 Å². The maximum absolute atomic E-state index is 12.1. The van der Waals surface area contributed by atoms with Gasteiger partial charge in [-0.2, -0.15) is 0 Å². The summed E-state index contributed by atoms with van der Waals surface area (Å²) >= 11 is 0. The van der Waals surface area contributed by atoms with Crippen LogP contribution >= 0.6 is 0 Å². The molecule has 0 aromatic heterocycles. The average Bonchev–Trinajstić information content (AvgIpc) is 2.67. The fraction of sp³-hybridized carbons (Fsp3) is 0.190. The van der Waals surface area contributed by atoms with Crippen molar-refractivity contribution in [3.63, 3.8) is 0 Å². The van der Waals surface area contributed by atoms with Crippen LogP contribution < -0.4 is 19.5 Å². The Morgan fingerprint density at radius 1 is 0.846 bits per heavy atom. The van der Waals surface area contributed by atoms with Crippen molar-refractivity contribution < 1.29 is 19.0 Å². The summed E-state index contributed by atoms with van der Waals surface area (Å²) in [6.07, 6.45) is 0. The maximum Gasteiger partial charge on any atom is 0.262 e. The lowest BCUT2D eigenvalue weighted by Gasteiger charge is -2.09. The molecule has 0 bridgehead atoms. The normalized spacial score (nSPS) is 10.4. The Hall–Kier alpha value is -3.21. The first-order valence-electron chi connectivity index (χ1n) is 8.41. The molecule has 0 radical (unpaired) electrons. The lowest BCUT2D eigenvalue weighted by atomic mass is 10.1. The van der Waals surface area contributed by atoms with Crippen LogP contribution in [-0.4, -0.2) is 26.2 Å². The zero-order valence-electron chi connectivity index (χ0n) is 14.8. The number of methoxy groups -OCH3 is 1. The Morgan fingerprint density at radius 3 is 2.19 bits per heavy atom. The number of anilines is 1. The number of rotatable bonds is 7. The predicted octanol–water partition coefficient (Wildman–Crippen LogP) is 4.26. The molecule has 0 fully saturated rings. The molecule has 1 amide bonds. The van der Waals surface area contributed by atoms with Gasteiger partial charge in [-0.05, 0) is 66.2 Å². The Morgan fingerprint density at radius 2 is 1.50 bits per heavy atom. The smallest absolute Gasteiger partial charge is 0.262 e. The van der Waals surface area contributed by atoms with E-state index in [-0.39, 0.29) is 12.5 Å². The molecule has 3 rings (SSSR count). The molecule has 0 unspecified atom stereocenters. The number of nitrogens with one attached hydrogen (secondary N) is 1. The van der Waals surface area contributed by atoms with Crippen LogP contribution in [0.15, 0.2) is 60.7 Å². The third kappa shape index (κ3) is 4.45. The molecule has 134 valence electrons. The van der Waals surface area contributed by atoms with Crippen LogP contribution in [0.2, 0.25) is 0 Å². The van der Waals surface area contributed by atoms with Gasteiger partial charge in [-0.15, -0.1) is 0 Å². The van der Waals surface area contributed by atoms with Gasteiger partial charge < -0.3 is 19.5 Å². The fourth-order valence-electron chi connectivity index (χ4n) is 2.57. The molecular weight excluding hydrogens is 330 g/mol. The van der Waals surface area contributed by atoms with E-state index in [4.69, 9.17) is 14.2 Å². The first kappa shape index (κ1) is 17.6. The first-order valence-corrected chi connectivity index (χ1v) is 8.41. The molecule has 3 aromatic carbocycles. The van der Waals surface area contributed by atoms with E-state index in [2.05, 4.69) is 5.32 Å². The van der Waals surface area contributed by atoms with Crippen molar-refractivity contribution in [3.8, 4) is 17.2 Å². The van der Waals surface area contributed by atoms with Crippen LogP contribution in [-0.2, 0) is 4.79 Å². The van der Waals surface area contributed by atoms with Crippen molar-refractivity contribution in [3.05, 3.63) is 60.7 Å². The van der Waals surface area contributed by atoms with E-state index in [1.165, 1.54) is 0 Å². The summed E-state index contributed by atoms with van der Waals surface area (Å²) in [5.74, 6) is 1.96. The highest BCUT2D eigenvalue weighted by atomic mass is 16.5. The highest BCUT2D eigenvalue weighted by Gasteiger charge is 2.05. The lowest BCUT2D eigenvalue weighted by Crippen LogP contribution is -2.20. The number of carbonyl (C=O) groups is 1. The van der Waals surface area contributed by atoms with Gasteiger partial charge in [-0.25, -0.2) is 0 Å². The first-order chi connectivity index (χ1) is 12.7. The number of hydrogen-bond donors (Lipinski definition) is 1. The van der Waals surface area contributed by atoms with Gasteiger partial charge in [-0.1, -0.05) is 12.1 Å². The topological polar surface area (TPSA) is 56.8 Å². The number of amides is 1. The molecule has 0 spiro atoms. The Kier molecular flexibility index (Phi) is 5.59. The van der Waals surface area contributed by atoms with E-state index < -0.39 is 0 Å². The second-order valence-corrected chi connectivity index (χ2v) is 5.67. The molecule has 0 aliphatic rings. The standard InChI is InChI=1S/C21H21NO4/c1-3-25-18-10-6-17(7-11-18)22-21(23)14-26-20-9-5-15-4-8-19(24-2)12-16(15)13-20/h4-13H,3,14H2,1-2H3,(H,22,23). The molecule has 3 aromatic rings. The van der Waals surface area contributed by atoms with Gasteiger partial charge >= 0.3 is 0 Å². The van der Waals surface area contributed by atoms with Crippen molar-refractivity contribution in [2.45, 2.75) is 6.92 Å². The van der Waals surface area contributed by atoms with Gasteiger partial charge in [0.1, 0.15) is 17.2 Å². The summed E-state index contributed by atoms with van der Waals surface area (Å²) in [5.41, 5.74) is 0.699. The zero-order valence-corrected chi connectivity index (χ0v) is 14.8. The zero-order chi connectivity index (χ0) is 18.4. The number of carbonyl (C=O) groups excluding carboxylic acids is 1. The molecule has 5 heteroatoms. The summed E-state index contributed by atoms with van der Waals surface area (Å²) in [5, 5.41) is 4.87. The molecule has 0 heterocycles. The minimum Gasteiger partial charge on any atom is -0.497 e. The van der Waals surface area contributed by atoms with Crippen molar-refractivity contribution >= 4 is 22.4 Å². The van der Waals surface area contributed by atoms with Crippen LogP contribution in [0.3, 0.4) is 0 Å². The Bertz CT molecular complexity index is 890. The van der Waals surface area contributed by atoms with Crippen LogP contribution in [0.25, 0.3) is 10.8 Å². The maximum atomic E-state index is 12.1. The third-order valence-corrected chi connectivity index (χ3v) is 3.84. The van der Waals surface area contributed by atoms with E-state index in [9.17, 15) is 4.79 Å². The minimum atomic E-state index is -0.222. The molecule has 0 atom stereocenters. The van der Waals surface area contributed by atoms with Crippen molar-refractivity contribution in [2.24, 2.45) is 0 Å². The molecular formula is C21H21NO4. The molecule has 5 nitrogen and oxygen atoms in total. The van der Waals surface area contributed by atoms with Crippen LogP contribution in [0.1, 0.15) is 6.92 Å². The van der Waals surface area contributed by atoms with Crippen molar-refractivity contribution in [2.75, 3.05) is 25.6 Å². The van der Waals surface area contributed by atoms with Gasteiger partial charge in [0.25, 0.3) is 5.91 Å². The number of hydrogen-bond acceptors (Lipinski definition) is 4. The number of fused-ring (bicyclic) bond motifs is 1. The van der Waals surface area contributed by atoms with Crippen molar-refractivity contribution in [1.29, 1.82) is 0 Å². The van der Waals surface area contributed by atoms with Gasteiger partial charge in [0.05, 0.1) is 13.7 Å². The summed E-state index contributed by atoms with van der Waals surface area (Å²) in [6.45, 7) is 2.47. The fourth-order valence-corrected chi connectivity index (χ4v) is 2.57. The Balaban J connectivity index is 1.59. The highest BCUT2D eigenvalue weighted by Crippen LogP contribution is 2.25. The van der Waals surface area contributed by atoms with E-state index in [0.717, 1.165) is 22.3 Å². The number of benzene rings is 3. The van der Waals surface area contributed by atoms with Crippen LogP contribution in [0.5, 0.6) is 17.2 Å². The quantitative estimate of drug-likeness (QED) is 0.691. The largest absolute Gasteiger partial charge is 0.497 e. The summed E-state index contributed by atoms with van der Waals surface area (Å²) in [6, 6.07) is 18.7. The van der Waals surface area contributed by atoms with E-state index in [0.29, 0.717) is 18.0 Å². The van der Waals surface area contributed by atoms with Gasteiger partial charge in [0.15, 0.2) is 6.61 Å². The summed E-state index contributed by atoms with van der Waals surface area (Å²) in [7, 11) is 1.63. The lowest BCUT2D eigenvalue weighted by molar-refractivity contribution is -0.118. The SMILES string of the molecule is CCOc1ccc(NC(=O)COc2ccc3ccc(OC)cc3c2)cc1. The molecule has 26 heavy (non-hydrogen) atoms. The third-order valence-electron chi connectivity index (χ3n) is 3.84. The molecule has 1 N–H and O–H groups in total. The second kappa shape index (κ2) is 8.25. The summed E-state index contributed by atoms with van der Waals surface area (Å²) < 4.78 is 16.2. The minimum absolute atomic E-state index is 0.0668. The predicted molar refractivity (Wildman–Crippen MR) is 102 cm³/mol. The van der Waals surface area contributed by atoms with E-state index in [1.807, 2.05) is 55.5 Å². The molecule has 0 saturated carbocycles. The van der Waals surface area contributed by atoms with Crippen molar-refractivity contribution in [1.82, 2.24) is 0 Å². The molecule has 0 aliphatic carbocycles. The van der Waals surface area contributed by atoms with Gasteiger partial charge in [0, 0.05) is 5.69 Å². The van der Waals surface area contributed by atoms with Gasteiger partial charge in [-0.3, -0.25) is 4.79 Å². The molecule has 0 saturated heterocycles. The summed E-state index contributed by atoms with van der Waals surface area (Å²) in [4.78, 5) is 12.1. The van der Waals surface area contributed by atoms with E-state index in [1.54, 1.807) is 19.2 Å². The average molecular weight is 351 g/mol. The van der Waals surface area contributed by atoms with Crippen LogP contribution in [0.4, 0.5) is 5.69 Å². The molecule has 0 aliphatic heterocycles. The highest BCUT2D eigenvalue weighted by molar-refractivity contribution is 5.92. The van der Waals surface area contributed by atoms with Crippen LogP contribution in [0, 0.1) is 0 Å². The monoisotopic (exact) mass is 351 g/mol. The number of ether oxygens (including phenoxy) is 3.